The van der Waals surface area contributed by atoms with E-state index in [4.69, 9.17) is 4.74 Å². The number of benzene rings is 1. The number of nitrogens with one attached hydrogen (secondary N) is 1. The highest BCUT2D eigenvalue weighted by atomic mass is 16.5. The Hall–Kier alpha value is -1.02. The summed E-state index contributed by atoms with van der Waals surface area (Å²) in [4.78, 5) is 0. The molecule has 0 heterocycles. The molecular formula is C17H29NO. The number of hydrogen-bond donors (Lipinski definition) is 1. The fraction of sp³-hybridized carbons (Fsp3) is 0.647. The van der Waals surface area contributed by atoms with Crippen molar-refractivity contribution in [3.8, 4) is 5.75 Å². The molecular weight excluding hydrogens is 234 g/mol. The van der Waals surface area contributed by atoms with Crippen LogP contribution in [0.2, 0.25) is 0 Å². The first-order valence-electron chi connectivity index (χ1n) is 7.04. The molecule has 19 heavy (non-hydrogen) atoms. The van der Waals surface area contributed by atoms with Crippen LogP contribution in [0.15, 0.2) is 18.2 Å². The largest absolute Gasteiger partial charge is 0.493 e. The second kappa shape index (κ2) is 5.96. The van der Waals surface area contributed by atoms with E-state index in [-0.39, 0.29) is 11.0 Å². The average molecular weight is 263 g/mol. The zero-order valence-electron chi connectivity index (χ0n) is 13.6. The molecule has 0 amide bonds. The van der Waals surface area contributed by atoms with Crippen molar-refractivity contribution in [2.75, 3.05) is 13.2 Å². The number of aryl methyl sites for hydroxylation is 2. The van der Waals surface area contributed by atoms with Crippen molar-refractivity contribution in [2.24, 2.45) is 5.41 Å². The Morgan fingerprint density at radius 2 is 1.68 bits per heavy atom. The molecule has 0 fully saturated rings. The first-order valence-corrected chi connectivity index (χ1v) is 7.04. The van der Waals surface area contributed by atoms with Crippen LogP contribution in [0.1, 0.15) is 45.7 Å². The van der Waals surface area contributed by atoms with Gasteiger partial charge in [0.2, 0.25) is 0 Å². The van der Waals surface area contributed by atoms with Crippen molar-refractivity contribution in [3.63, 3.8) is 0 Å². The van der Waals surface area contributed by atoms with Crippen LogP contribution in [-0.4, -0.2) is 18.7 Å². The monoisotopic (exact) mass is 263 g/mol. The van der Waals surface area contributed by atoms with E-state index >= 15 is 0 Å². The van der Waals surface area contributed by atoms with Crippen LogP contribution in [0, 0.1) is 19.3 Å². The Balaban J connectivity index is 2.55. The minimum Gasteiger partial charge on any atom is -0.493 e. The summed E-state index contributed by atoms with van der Waals surface area (Å²) in [7, 11) is 0. The van der Waals surface area contributed by atoms with Gasteiger partial charge in [0, 0.05) is 17.5 Å². The highest BCUT2D eigenvalue weighted by Gasteiger charge is 2.22. The molecule has 0 atom stereocenters. The summed E-state index contributed by atoms with van der Waals surface area (Å²) in [5.41, 5.74) is 2.75. The third kappa shape index (κ3) is 6.11. The minimum absolute atomic E-state index is 0.116. The number of hydrogen-bond acceptors (Lipinski definition) is 2. The zero-order valence-corrected chi connectivity index (χ0v) is 13.6. The van der Waals surface area contributed by atoms with E-state index in [1.165, 1.54) is 11.1 Å². The van der Waals surface area contributed by atoms with Crippen LogP contribution in [0.3, 0.4) is 0 Å². The second-order valence-electron chi connectivity index (χ2n) is 7.33. The maximum atomic E-state index is 5.98. The molecule has 2 nitrogen and oxygen atoms in total. The van der Waals surface area contributed by atoms with E-state index < -0.39 is 0 Å². The maximum absolute atomic E-state index is 5.98. The van der Waals surface area contributed by atoms with Gasteiger partial charge in [0.25, 0.3) is 0 Å². The predicted octanol–water partition coefficient (Wildman–Crippen LogP) is 4.10. The molecule has 0 saturated carbocycles. The molecule has 1 rings (SSSR count). The van der Waals surface area contributed by atoms with Crippen molar-refractivity contribution in [1.29, 1.82) is 0 Å². The molecule has 1 aromatic rings. The summed E-state index contributed by atoms with van der Waals surface area (Å²) in [5.74, 6) is 0.995. The molecule has 0 aliphatic heterocycles. The molecule has 1 N–H and O–H groups in total. The van der Waals surface area contributed by atoms with E-state index in [1.807, 2.05) is 0 Å². The fourth-order valence-corrected chi connectivity index (χ4v) is 1.79. The van der Waals surface area contributed by atoms with Crippen LogP contribution in [0.5, 0.6) is 5.75 Å². The molecule has 0 aliphatic carbocycles. The smallest absolute Gasteiger partial charge is 0.122 e. The van der Waals surface area contributed by atoms with Gasteiger partial charge >= 0.3 is 0 Å². The van der Waals surface area contributed by atoms with E-state index in [0.717, 1.165) is 18.9 Å². The summed E-state index contributed by atoms with van der Waals surface area (Å²) >= 11 is 0. The summed E-state index contributed by atoms with van der Waals surface area (Å²) in [5, 5.41) is 3.54. The minimum atomic E-state index is 0.116. The Kier molecular flexibility index (Phi) is 5.03. The Morgan fingerprint density at radius 1 is 1.05 bits per heavy atom. The first kappa shape index (κ1) is 16.0. The number of rotatable bonds is 5. The van der Waals surface area contributed by atoms with Crippen molar-refractivity contribution in [1.82, 2.24) is 5.32 Å². The summed E-state index contributed by atoms with van der Waals surface area (Å²) in [6.07, 6.45) is 0. The SMILES string of the molecule is Cc1ccc(OCC(C)(C)CNC(C)(C)C)c(C)c1. The van der Waals surface area contributed by atoms with E-state index in [1.54, 1.807) is 0 Å². The summed E-state index contributed by atoms with van der Waals surface area (Å²) < 4.78 is 5.98. The normalized spacial score (nSPS) is 12.6. The van der Waals surface area contributed by atoms with Crippen LogP contribution in [0.25, 0.3) is 0 Å². The highest BCUT2D eigenvalue weighted by molar-refractivity contribution is 5.35. The van der Waals surface area contributed by atoms with Gasteiger partial charge in [-0.05, 0) is 46.2 Å². The lowest BCUT2D eigenvalue weighted by Crippen LogP contribution is -2.43. The average Bonchev–Trinajstić information content (AvgIpc) is 2.25. The molecule has 108 valence electrons. The first-order chi connectivity index (χ1) is 8.59. The van der Waals surface area contributed by atoms with Gasteiger partial charge in [-0.2, -0.15) is 0 Å². The summed E-state index contributed by atoms with van der Waals surface area (Å²) in [6.45, 7) is 16.9. The molecule has 0 aliphatic rings. The topological polar surface area (TPSA) is 21.3 Å². The lowest BCUT2D eigenvalue weighted by atomic mass is 9.93. The second-order valence-corrected chi connectivity index (χ2v) is 7.33. The Labute approximate surface area is 118 Å². The van der Waals surface area contributed by atoms with Gasteiger partial charge in [0.15, 0.2) is 0 Å². The fourth-order valence-electron chi connectivity index (χ4n) is 1.79. The molecule has 0 bridgehead atoms. The maximum Gasteiger partial charge on any atom is 0.122 e. The van der Waals surface area contributed by atoms with Crippen molar-refractivity contribution in [2.45, 2.75) is 54.0 Å². The van der Waals surface area contributed by atoms with Crippen molar-refractivity contribution >= 4 is 0 Å². The standard InChI is InChI=1S/C17H29NO/c1-13-8-9-15(14(2)10-13)19-12-17(6,7)11-18-16(3,4)5/h8-10,18H,11-12H2,1-7H3. The zero-order chi connectivity index (χ0) is 14.7. The lowest BCUT2D eigenvalue weighted by Gasteiger charge is -2.30. The van der Waals surface area contributed by atoms with Gasteiger partial charge < -0.3 is 10.1 Å². The Morgan fingerprint density at radius 3 is 2.21 bits per heavy atom. The van der Waals surface area contributed by atoms with Gasteiger partial charge in [-0.15, -0.1) is 0 Å². The molecule has 2 heteroatoms. The van der Waals surface area contributed by atoms with Crippen molar-refractivity contribution < 1.29 is 4.74 Å². The predicted molar refractivity (Wildman–Crippen MR) is 82.9 cm³/mol. The molecule has 0 saturated heterocycles. The van der Waals surface area contributed by atoms with Gasteiger partial charge in [0.1, 0.15) is 5.75 Å². The van der Waals surface area contributed by atoms with Gasteiger partial charge in [-0.1, -0.05) is 31.5 Å². The van der Waals surface area contributed by atoms with Gasteiger partial charge in [0.05, 0.1) is 6.61 Å². The highest BCUT2D eigenvalue weighted by Crippen LogP contribution is 2.22. The molecule has 0 spiro atoms. The lowest BCUT2D eigenvalue weighted by molar-refractivity contribution is 0.165. The number of ether oxygens (including phenoxy) is 1. The molecule has 0 aromatic heterocycles. The van der Waals surface area contributed by atoms with Crippen LogP contribution >= 0.6 is 0 Å². The molecule has 1 aromatic carbocycles. The van der Waals surface area contributed by atoms with E-state index in [0.29, 0.717) is 0 Å². The van der Waals surface area contributed by atoms with Crippen LogP contribution in [0.4, 0.5) is 0 Å². The van der Waals surface area contributed by atoms with E-state index in [9.17, 15) is 0 Å². The van der Waals surface area contributed by atoms with Crippen LogP contribution < -0.4 is 10.1 Å². The van der Waals surface area contributed by atoms with Crippen LogP contribution in [-0.2, 0) is 0 Å². The molecule has 0 radical (unpaired) electrons. The Bertz CT molecular complexity index is 416. The quantitative estimate of drug-likeness (QED) is 0.863. The van der Waals surface area contributed by atoms with E-state index in [2.05, 4.69) is 72.0 Å². The third-order valence-electron chi connectivity index (χ3n) is 3.05. The molecule has 0 unspecified atom stereocenters. The van der Waals surface area contributed by atoms with Gasteiger partial charge in [-0.25, -0.2) is 0 Å². The van der Waals surface area contributed by atoms with Crippen molar-refractivity contribution in [3.05, 3.63) is 29.3 Å². The van der Waals surface area contributed by atoms with Gasteiger partial charge in [-0.3, -0.25) is 0 Å². The summed E-state index contributed by atoms with van der Waals surface area (Å²) in [6, 6.07) is 6.33. The third-order valence-corrected chi connectivity index (χ3v) is 3.05.